The maximum Gasteiger partial charge on any atom is 0.402 e. The zero-order valence-electron chi connectivity index (χ0n) is 24.5. The van der Waals surface area contributed by atoms with Crippen molar-refractivity contribution >= 4 is 15.6 Å². The molecular formula is C26H62F6O3S. The molecule has 0 saturated heterocycles. The van der Waals surface area contributed by atoms with Gasteiger partial charge in [-0.25, -0.2) is 8.42 Å². The number of alkyl halides is 6. The first-order chi connectivity index (χ1) is 14.5. The fourth-order valence-corrected chi connectivity index (χ4v) is 0.161. The molecule has 0 aliphatic carbocycles. The Hall–Kier alpha value is -0.800. The van der Waals surface area contributed by atoms with E-state index in [9.17, 15) is 39.6 Å². The molecule has 36 heavy (non-hydrogen) atoms. The molecule has 0 aromatic heterocycles. The van der Waals surface area contributed by atoms with Crippen LogP contribution in [0.15, 0.2) is 0 Å². The van der Waals surface area contributed by atoms with Crippen molar-refractivity contribution in [1.29, 1.82) is 0 Å². The summed E-state index contributed by atoms with van der Waals surface area (Å²) >= 11 is 0. The van der Waals surface area contributed by atoms with Gasteiger partial charge in [-0.15, -0.1) is 0 Å². The predicted octanol–water partition coefficient (Wildman–Crippen LogP) is 11.0. The highest BCUT2D eigenvalue weighted by molar-refractivity contribution is 7.89. The Balaban J connectivity index is -0.0000000360. The lowest BCUT2D eigenvalue weighted by Crippen LogP contribution is -2.44. The average Bonchev–Trinajstić information content (AvgIpc) is 2.43. The summed E-state index contributed by atoms with van der Waals surface area (Å²) in [6, 6.07) is 0. The summed E-state index contributed by atoms with van der Waals surface area (Å²) in [6.07, 6.45) is -4.42. The summed E-state index contributed by atoms with van der Waals surface area (Å²) < 4.78 is 88.9. The molecule has 0 bridgehead atoms. The van der Waals surface area contributed by atoms with E-state index in [0.717, 1.165) is 12.5 Å². The van der Waals surface area contributed by atoms with E-state index in [1.54, 1.807) is 0 Å². The van der Waals surface area contributed by atoms with E-state index < -0.39 is 27.6 Å². The van der Waals surface area contributed by atoms with Crippen LogP contribution < -0.4 is 0 Å². The molecule has 0 aliphatic rings. The van der Waals surface area contributed by atoms with E-state index in [0.29, 0.717) is 5.41 Å². The third-order valence-electron chi connectivity index (χ3n) is 1.42. The van der Waals surface area contributed by atoms with Crippen molar-refractivity contribution in [2.45, 2.75) is 143 Å². The van der Waals surface area contributed by atoms with Crippen molar-refractivity contribution in [3.8, 4) is 0 Å². The highest BCUT2D eigenvalue weighted by Gasteiger charge is 2.64. The Morgan fingerprint density at radius 3 is 0.639 bits per heavy atom. The smallest absolute Gasteiger partial charge is 0.300 e. The number of carbonyl (C=O) groups is 1. The Morgan fingerprint density at radius 2 is 0.639 bits per heavy atom. The summed E-state index contributed by atoms with van der Waals surface area (Å²) in [5.74, 6) is 0.167. The van der Waals surface area contributed by atoms with Gasteiger partial charge in [-0.1, -0.05) is 103 Å². The summed E-state index contributed by atoms with van der Waals surface area (Å²) in [6.45, 7) is 24.8. The molecule has 0 N–H and O–H groups in total. The lowest BCUT2D eigenvalue weighted by Gasteiger charge is -2.29. The number of hydrogen-bond acceptors (Lipinski definition) is 3. The maximum absolute atomic E-state index is 11.6. The standard InChI is InChI=1S/C5H6F6.C5H12.C3H6O.3C3H8.C2H6O2S.2CH4/c1-3(2,4(6,7)8)5(9,10)11;1-5(2,3)4;1-3(2)4;3*1-3-2;1-5(2,3)4;;/h1-2H3;1-4H3;1-2H3;3*3H2,1-2H3;1-2H3;2*1H4. The first-order valence-electron chi connectivity index (χ1n) is 11.2. The highest BCUT2D eigenvalue weighted by atomic mass is 32.2. The van der Waals surface area contributed by atoms with Crippen molar-refractivity contribution in [3.05, 3.63) is 0 Å². The molecule has 0 spiro atoms. The van der Waals surface area contributed by atoms with E-state index in [4.69, 9.17) is 0 Å². The van der Waals surface area contributed by atoms with Crippen LogP contribution in [-0.4, -0.2) is 39.1 Å². The minimum absolute atomic E-state index is 0. The van der Waals surface area contributed by atoms with E-state index in [-0.39, 0.29) is 34.5 Å². The normalized spacial score (nSPS) is 10.2. The molecule has 0 fully saturated rings. The minimum Gasteiger partial charge on any atom is -0.300 e. The van der Waals surface area contributed by atoms with Crippen LogP contribution in [0.3, 0.4) is 0 Å². The number of hydrogen-bond donors (Lipinski definition) is 0. The second-order valence-electron chi connectivity index (χ2n) is 9.79. The Morgan fingerprint density at radius 1 is 0.583 bits per heavy atom. The summed E-state index contributed by atoms with van der Waals surface area (Å²) in [5, 5.41) is 0. The molecule has 0 rings (SSSR count). The van der Waals surface area contributed by atoms with E-state index >= 15 is 0 Å². The third-order valence-corrected chi connectivity index (χ3v) is 1.42. The zero-order valence-corrected chi connectivity index (χ0v) is 25.3. The van der Waals surface area contributed by atoms with Crippen molar-refractivity contribution in [2.75, 3.05) is 12.5 Å². The fourth-order valence-electron chi connectivity index (χ4n) is 0.161. The number of Topliss-reactive ketones (excluding diaryl/α,β-unsaturated/α-hetero) is 1. The molecule has 0 amide bonds. The quantitative estimate of drug-likeness (QED) is 0.273. The van der Waals surface area contributed by atoms with Gasteiger partial charge < -0.3 is 4.79 Å². The minimum atomic E-state index is -5.24. The number of carbonyl (C=O) groups excluding carboxylic acids is 1. The van der Waals surface area contributed by atoms with Gasteiger partial charge in [0.1, 0.15) is 15.6 Å². The summed E-state index contributed by atoms with van der Waals surface area (Å²) in [7, 11) is -2.67. The van der Waals surface area contributed by atoms with Gasteiger partial charge in [-0.2, -0.15) is 26.3 Å². The van der Waals surface area contributed by atoms with Crippen LogP contribution in [0.2, 0.25) is 0 Å². The summed E-state index contributed by atoms with van der Waals surface area (Å²) in [4.78, 5) is 9.44. The van der Waals surface area contributed by atoms with Crippen LogP contribution in [0.1, 0.15) is 131 Å². The lowest BCUT2D eigenvalue weighted by molar-refractivity contribution is -0.327. The van der Waals surface area contributed by atoms with Crippen LogP contribution in [0.25, 0.3) is 0 Å². The van der Waals surface area contributed by atoms with Gasteiger partial charge in [0.25, 0.3) is 0 Å². The number of ketones is 1. The van der Waals surface area contributed by atoms with Crippen LogP contribution >= 0.6 is 0 Å². The SMILES string of the molecule is C.C.CC(C)(C(F)(F)F)C(F)(F)F.CC(C)(C)C.CC(C)=O.CCC.CCC.CCC.CS(C)(=O)=O. The molecule has 0 aliphatic heterocycles. The molecule has 0 atom stereocenters. The first-order valence-corrected chi connectivity index (χ1v) is 13.5. The van der Waals surface area contributed by atoms with Gasteiger partial charge in [0.05, 0.1) is 0 Å². The Labute approximate surface area is 222 Å². The molecule has 0 aromatic rings. The molecule has 0 heterocycles. The van der Waals surface area contributed by atoms with Crippen LogP contribution in [0, 0.1) is 10.8 Å². The molecule has 3 nitrogen and oxygen atoms in total. The van der Waals surface area contributed by atoms with Gasteiger partial charge in [0.15, 0.2) is 5.41 Å². The van der Waals surface area contributed by atoms with Crippen molar-refractivity contribution in [2.24, 2.45) is 10.8 Å². The summed E-state index contributed by atoms with van der Waals surface area (Å²) in [5.41, 5.74) is -3.12. The number of rotatable bonds is 0. The number of sulfone groups is 1. The van der Waals surface area contributed by atoms with Crippen molar-refractivity contribution in [1.82, 2.24) is 0 Å². The van der Waals surface area contributed by atoms with Crippen molar-refractivity contribution < 1.29 is 39.6 Å². The molecule has 10 heteroatoms. The fraction of sp³-hybridized carbons (Fsp3) is 0.962. The zero-order chi connectivity index (χ0) is 30.2. The van der Waals surface area contributed by atoms with Crippen LogP contribution in [0.4, 0.5) is 26.3 Å². The third kappa shape index (κ3) is 116. The van der Waals surface area contributed by atoms with Gasteiger partial charge in [0.2, 0.25) is 0 Å². The van der Waals surface area contributed by atoms with Gasteiger partial charge in [-0.3, -0.25) is 0 Å². The highest BCUT2D eigenvalue weighted by Crippen LogP contribution is 2.49. The molecular weight excluding hydrogens is 506 g/mol. The molecule has 0 radical (unpaired) electrons. The molecule has 0 aromatic carbocycles. The van der Waals surface area contributed by atoms with Crippen LogP contribution in [0.5, 0.6) is 0 Å². The van der Waals surface area contributed by atoms with Gasteiger partial charge in [0, 0.05) is 12.5 Å². The van der Waals surface area contributed by atoms with Gasteiger partial charge >= 0.3 is 12.4 Å². The number of halogens is 6. The van der Waals surface area contributed by atoms with Crippen molar-refractivity contribution in [3.63, 3.8) is 0 Å². The molecule has 0 saturated carbocycles. The monoisotopic (exact) mass is 568 g/mol. The first kappa shape index (κ1) is 60.0. The van der Waals surface area contributed by atoms with E-state index in [1.807, 2.05) is 0 Å². The largest absolute Gasteiger partial charge is 0.402 e. The van der Waals surface area contributed by atoms with Crippen LogP contribution in [-0.2, 0) is 14.6 Å². The Kier molecular flexibility index (Phi) is 50.7. The van der Waals surface area contributed by atoms with E-state index in [2.05, 4.69) is 69.2 Å². The lowest BCUT2D eigenvalue weighted by atomic mass is 9.92. The molecule has 0 unspecified atom stereocenters. The Bertz CT molecular complexity index is 479. The predicted molar refractivity (Wildman–Crippen MR) is 149 cm³/mol. The maximum atomic E-state index is 11.6. The second kappa shape index (κ2) is 30.4. The molecule has 232 valence electrons. The topological polar surface area (TPSA) is 51.2 Å². The average molecular weight is 569 g/mol. The van der Waals surface area contributed by atoms with Gasteiger partial charge in [-0.05, 0) is 33.1 Å². The second-order valence-corrected chi connectivity index (χ2v) is 12.1. The van der Waals surface area contributed by atoms with E-state index in [1.165, 1.54) is 33.1 Å².